The summed E-state index contributed by atoms with van der Waals surface area (Å²) in [5.74, 6) is -1.04. The summed E-state index contributed by atoms with van der Waals surface area (Å²) < 4.78 is 16.1. The molecular weight excluding hydrogens is 411 g/mol. The van der Waals surface area contributed by atoms with Crippen LogP contribution in [0, 0.1) is 11.7 Å². The van der Waals surface area contributed by atoms with Gasteiger partial charge in [0.2, 0.25) is 0 Å². The predicted molar refractivity (Wildman–Crippen MR) is 118 cm³/mol. The number of nitrogens with zero attached hydrogens (tertiary/aromatic N) is 3. The molecule has 1 fully saturated rings. The van der Waals surface area contributed by atoms with Crippen molar-refractivity contribution in [3.05, 3.63) is 59.0 Å². The number of anilines is 1. The zero-order valence-corrected chi connectivity index (χ0v) is 18.2. The fraction of sp³-hybridized carbons (Fsp3) is 0.375. The molecule has 7 nitrogen and oxygen atoms in total. The highest BCUT2D eigenvalue weighted by Crippen LogP contribution is 2.44. The molecule has 2 amide bonds. The zero-order chi connectivity index (χ0) is 22.8. The summed E-state index contributed by atoms with van der Waals surface area (Å²) >= 11 is 0. The van der Waals surface area contributed by atoms with Crippen LogP contribution in [0.15, 0.2) is 36.5 Å². The average Bonchev–Trinajstić information content (AvgIpc) is 3.35. The van der Waals surface area contributed by atoms with E-state index in [0.717, 1.165) is 12.8 Å². The summed E-state index contributed by atoms with van der Waals surface area (Å²) in [6.07, 6.45) is 3.64. The number of hydrogen-bond acceptors (Lipinski definition) is 4. The molecule has 2 N–H and O–H groups in total. The predicted octanol–water partition coefficient (Wildman–Crippen LogP) is 3.47. The van der Waals surface area contributed by atoms with Crippen molar-refractivity contribution in [1.29, 1.82) is 0 Å². The van der Waals surface area contributed by atoms with E-state index in [1.54, 1.807) is 48.8 Å². The van der Waals surface area contributed by atoms with Crippen molar-refractivity contribution in [2.45, 2.75) is 44.9 Å². The van der Waals surface area contributed by atoms with E-state index in [4.69, 9.17) is 0 Å². The summed E-state index contributed by atoms with van der Waals surface area (Å²) in [5.41, 5.74) is 0.917. The minimum Gasteiger partial charge on any atom is -0.388 e. The van der Waals surface area contributed by atoms with Crippen molar-refractivity contribution < 1.29 is 19.1 Å². The SMILES string of the molecule is Cn1cc2c(C(=O)Nc3cc(F)cc4c3C(=O)N(C(C3CC3)C(C)(C)O)C4)cccc2n1. The number of amides is 2. The number of aryl methyl sites for hydroxylation is 1. The van der Waals surface area contributed by atoms with E-state index in [-0.39, 0.29) is 35.7 Å². The highest BCUT2D eigenvalue weighted by Gasteiger charge is 2.48. The third-order valence-corrected chi connectivity index (χ3v) is 6.29. The number of carbonyl (C=O) groups excluding carboxylic acids is 2. The lowest BCUT2D eigenvalue weighted by atomic mass is 9.93. The smallest absolute Gasteiger partial charge is 0.256 e. The van der Waals surface area contributed by atoms with Gasteiger partial charge in [-0.1, -0.05) is 6.07 Å². The Balaban J connectivity index is 1.50. The molecule has 5 rings (SSSR count). The van der Waals surface area contributed by atoms with Crippen LogP contribution in [-0.2, 0) is 13.6 Å². The van der Waals surface area contributed by atoms with Gasteiger partial charge in [0.05, 0.1) is 34.0 Å². The largest absolute Gasteiger partial charge is 0.388 e. The van der Waals surface area contributed by atoms with Gasteiger partial charge in [-0.2, -0.15) is 5.10 Å². The van der Waals surface area contributed by atoms with Crippen molar-refractivity contribution in [2.75, 3.05) is 5.32 Å². The van der Waals surface area contributed by atoms with E-state index in [1.165, 1.54) is 12.1 Å². The molecule has 8 heteroatoms. The van der Waals surface area contributed by atoms with Crippen molar-refractivity contribution in [3.63, 3.8) is 0 Å². The van der Waals surface area contributed by atoms with Crippen molar-refractivity contribution in [3.8, 4) is 0 Å². The second-order valence-corrected chi connectivity index (χ2v) is 9.35. The number of nitrogens with one attached hydrogen (secondary N) is 1. The molecule has 0 saturated heterocycles. The van der Waals surface area contributed by atoms with Gasteiger partial charge in [0.25, 0.3) is 11.8 Å². The van der Waals surface area contributed by atoms with Crippen molar-refractivity contribution in [2.24, 2.45) is 13.0 Å². The van der Waals surface area contributed by atoms with Gasteiger partial charge in [-0.15, -0.1) is 0 Å². The Morgan fingerprint density at radius 1 is 1.31 bits per heavy atom. The number of benzene rings is 2. The molecule has 2 aromatic carbocycles. The van der Waals surface area contributed by atoms with Crippen LogP contribution in [0.1, 0.15) is 53.0 Å². The third kappa shape index (κ3) is 3.44. The second kappa shape index (κ2) is 7.13. The molecule has 32 heavy (non-hydrogen) atoms. The average molecular weight is 436 g/mol. The fourth-order valence-corrected chi connectivity index (χ4v) is 4.94. The van der Waals surface area contributed by atoms with Crippen LogP contribution < -0.4 is 5.32 Å². The summed E-state index contributed by atoms with van der Waals surface area (Å²) in [7, 11) is 1.77. The Hall–Kier alpha value is -3.26. The van der Waals surface area contributed by atoms with Crippen molar-refractivity contribution in [1.82, 2.24) is 14.7 Å². The zero-order valence-electron chi connectivity index (χ0n) is 18.2. The van der Waals surface area contributed by atoms with Gasteiger partial charge in [-0.25, -0.2) is 4.39 Å². The molecule has 1 aliphatic carbocycles. The number of aliphatic hydroxyl groups is 1. The minimum absolute atomic E-state index is 0.142. The molecular formula is C24H25FN4O3. The van der Waals surface area contributed by atoms with E-state index < -0.39 is 17.3 Å². The minimum atomic E-state index is -1.09. The topological polar surface area (TPSA) is 87.5 Å². The molecule has 1 aliphatic heterocycles. The summed E-state index contributed by atoms with van der Waals surface area (Å²) in [6.45, 7) is 3.60. The Bertz CT molecular complexity index is 1260. The van der Waals surface area contributed by atoms with Gasteiger partial charge < -0.3 is 15.3 Å². The molecule has 0 radical (unpaired) electrons. The van der Waals surface area contributed by atoms with E-state index in [1.807, 2.05) is 6.07 Å². The number of halogens is 1. The summed E-state index contributed by atoms with van der Waals surface area (Å²) in [6, 6.07) is 7.36. The van der Waals surface area contributed by atoms with Crippen LogP contribution in [0.25, 0.3) is 10.9 Å². The normalized spacial score (nSPS) is 17.0. The lowest BCUT2D eigenvalue weighted by molar-refractivity contribution is -0.0224. The second-order valence-electron chi connectivity index (χ2n) is 9.35. The standard InChI is InChI=1S/C24H25FN4O3/c1-24(2,32)21(13-7-8-13)29-11-14-9-15(25)10-19(20(14)23(29)31)26-22(30)16-5-4-6-18-17(16)12-28(3)27-18/h4-6,9-10,12-13,21,32H,7-8,11H2,1-3H3,(H,26,30). The number of hydrogen-bond donors (Lipinski definition) is 2. The van der Waals surface area contributed by atoms with Crippen LogP contribution in [-0.4, -0.2) is 43.2 Å². The van der Waals surface area contributed by atoms with Gasteiger partial charge in [-0.05, 0) is 62.4 Å². The van der Waals surface area contributed by atoms with Gasteiger partial charge in [0.15, 0.2) is 0 Å². The maximum absolute atomic E-state index is 14.4. The molecule has 3 aromatic rings. The number of fused-ring (bicyclic) bond motifs is 2. The van der Waals surface area contributed by atoms with Gasteiger partial charge in [0, 0.05) is 25.2 Å². The molecule has 0 bridgehead atoms. The Kier molecular flexibility index (Phi) is 4.60. The monoisotopic (exact) mass is 436 g/mol. The van der Waals surface area contributed by atoms with Crippen LogP contribution in [0.4, 0.5) is 10.1 Å². The van der Waals surface area contributed by atoms with Crippen LogP contribution >= 0.6 is 0 Å². The highest BCUT2D eigenvalue weighted by molar-refractivity contribution is 6.15. The summed E-state index contributed by atoms with van der Waals surface area (Å²) in [4.78, 5) is 28.1. The third-order valence-electron chi connectivity index (χ3n) is 6.29. The lowest BCUT2D eigenvalue weighted by Crippen LogP contribution is -2.51. The number of carbonyl (C=O) groups is 2. The van der Waals surface area contributed by atoms with Crippen LogP contribution in [0.5, 0.6) is 0 Å². The van der Waals surface area contributed by atoms with E-state index >= 15 is 0 Å². The maximum Gasteiger partial charge on any atom is 0.256 e. The van der Waals surface area contributed by atoms with Gasteiger partial charge >= 0.3 is 0 Å². The molecule has 166 valence electrons. The molecule has 1 aromatic heterocycles. The van der Waals surface area contributed by atoms with Gasteiger partial charge in [0.1, 0.15) is 5.82 Å². The Labute approximate surface area is 184 Å². The molecule has 0 spiro atoms. The highest BCUT2D eigenvalue weighted by atomic mass is 19.1. The molecule has 1 atom stereocenters. The molecule has 2 heterocycles. The molecule has 1 saturated carbocycles. The van der Waals surface area contributed by atoms with Crippen molar-refractivity contribution >= 4 is 28.4 Å². The Morgan fingerprint density at radius 2 is 2.06 bits per heavy atom. The van der Waals surface area contributed by atoms with Crippen LogP contribution in [0.3, 0.4) is 0 Å². The van der Waals surface area contributed by atoms with Gasteiger partial charge in [-0.3, -0.25) is 14.3 Å². The maximum atomic E-state index is 14.4. The quantitative estimate of drug-likeness (QED) is 0.641. The van der Waals surface area contributed by atoms with E-state index in [9.17, 15) is 19.1 Å². The summed E-state index contributed by atoms with van der Waals surface area (Å²) in [5, 5.41) is 18.5. The van der Waals surface area contributed by atoms with E-state index in [0.29, 0.717) is 22.0 Å². The first-order valence-corrected chi connectivity index (χ1v) is 10.7. The molecule has 2 aliphatic rings. The Morgan fingerprint density at radius 3 is 2.75 bits per heavy atom. The molecule has 1 unspecified atom stereocenters. The first-order chi connectivity index (χ1) is 15.1. The lowest BCUT2D eigenvalue weighted by Gasteiger charge is -2.37. The fourth-order valence-electron chi connectivity index (χ4n) is 4.94. The first-order valence-electron chi connectivity index (χ1n) is 10.7. The first kappa shape index (κ1) is 20.6. The van der Waals surface area contributed by atoms with Crippen LogP contribution in [0.2, 0.25) is 0 Å². The van der Waals surface area contributed by atoms with E-state index in [2.05, 4.69) is 10.4 Å². The number of rotatable bonds is 5. The number of aromatic nitrogens is 2.